The molecule has 0 heterocycles. The van der Waals surface area contributed by atoms with Gasteiger partial charge in [0.25, 0.3) is 0 Å². The van der Waals surface area contributed by atoms with Crippen LogP contribution >= 0.6 is 15.9 Å². The van der Waals surface area contributed by atoms with Gasteiger partial charge in [0, 0.05) is 16.7 Å². The first kappa shape index (κ1) is 16.0. The van der Waals surface area contributed by atoms with Gasteiger partial charge in [-0.2, -0.15) is 0 Å². The molecule has 0 aliphatic carbocycles. The smallest absolute Gasteiger partial charge is 0.240 e. The molecule has 0 unspecified atom stereocenters. The van der Waals surface area contributed by atoms with E-state index in [4.69, 9.17) is 5.73 Å². The molecule has 6 heteroatoms. The monoisotopic (exact) mass is 368 g/mol. The fourth-order valence-corrected chi connectivity index (χ4v) is 3.76. The summed E-state index contributed by atoms with van der Waals surface area (Å²) in [6, 6.07) is 12.9. The van der Waals surface area contributed by atoms with E-state index >= 15 is 0 Å². The average molecular weight is 369 g/mol. The van der Waals surface area contributed by atoms with Gasteiger partial charge in [-0.25, -0.2) is 13.1 Å². The van der Waals surface area contributed by atoms with E-state index in [1.807, 2.05) is 30.3 Å². The second-order valence-corrected chi connectivity index (χ2v) is 7.36. The van der Waals surface area contributed by atoms with Crippen molar-refractivity contribution in [1.29, 1.82) is 0 Å². The summed E-state index contributed by atoms with van der Waals surface area (Å²) < 4.78 is 28.0. The van der Waals surface area contributed by atoms with E-state index in [0.717, 1.165) is 5.56 Å². The SMILES string of the molecule is Cc1cc(Br)c(N)cc1S(=O)(=O)NCCc1ccccc1. The maximum Gasteiger partial charge on any atom is 0.240 e. The third-order valence-electron chi connectivity index (χ3n) is 3.13. The largest absolute Gasteiger partial charge is 0.398 e. The Hall–Kier alpha value is -1.37. The minimum absolute atomic E-state index is 0.219. The Labute approximate surface area is 133 Å². The van der Waals surface area contributed by atoms with Crippen molar-refractivity contribution in [2.24, 2.45) is 0 Å². The standard InChI is InChI=1S/C15H17BrN2O2S/c1-11-9-13(16)14(17)10-15(11)21(19,20)18-8-7-12-5-3-2-4-6-12/h2-6,9-10,18H,7-8,17H2,1H3. The highest BCUT2D eigenvalue weighted by Crippen LogP contribution is 2.26. The van der Waals surface area contributed by atoms with E-state index in [0.29, 0.717) is 28.7 Å². The molecule has 0 radical (unpaired) electrons. The lowest BCUT2D eigenvalue weighted by atomic mass is 10.2. The maximum atomic E-state index is 12.3. The molecule has 0 amide bonds. The number of halogens is 1. The third kappa shape index (κ3) is 4.06. The maximum absolute atomic E-state index is 12.3. The van der Waals surface area contributed by atoms with Crippen LogP contribution in [0.15, 0.2) is 51.8 Å². The molecule has 4 nitrogen and oxygen atoms in total. The molecule has 0 fully saturated rings. The van der Waals surface area contributed by atoms with Crippen molar-refractivity contribution >= 4 is 31.6 Å². The molecule has 0 aliphatic heterocycles. The Morgan fingerprint density at radius 3 is 2.52 bits per heavy atom. The second kappa shape index (κ2) is 6.60. The predicted octanol–water partition coefficient (Wildman–Crippen LogP) is 2.86. The summed E-state index contributed by atoms with van der Waals surface area (Å²) in [4.78, 5) is 0.219. The van der Waals surface area contributed by atoms with Gasteiger partial charge in [0.2, 0.25) is 10.0 Å². The first-order chi connectivity index (χ1) is 9.90. The van der Waals surface area contributed by atoms with Crippen LogP contribution in [-0.4, -0.2) is 15.0 Å². The van der Waals surface area contributed by atoms with Gasteiger partial charge in [-0.1, -0.05) is 30.3 Å². The van der Waals surface area contributed by atoms with Crippen LogP contribution < -0.4 is 10.5 Å². The molecular formula is C15H17BrN2O2S. The highest BCUT2D eigenvalue weighted by molar-refractivity contribution is 9.10. The van der Waals surface area contributed by atoms with Gasteiger partial charge in [0.1, 0.15) is 0 Å². The summed E-state index contributed by atoms with van der Waals surface area (Å²) in [5.41, 5.74) is 7.92. The van der Waals surface area contributed by atoms with Crippen molar-refractivity contribution < 1.29 is 8.42 Å². The van der Waals surface area contributed by atoms with Gasteiger partial charge in [0.05, 0.1) is 4.90 Å². The highest BCUT2D eigenvalue weighted by Gasteiger charge is 2.17. The number of nitrogens with one attached hydrogen (secondary N) is 1. The molecule has 112 valence electrons. The van der Waals surface area contributed by atoms with Gasteiger partial charge < -0.3 is 5.73 Å². The molecule has 2 aromatic carbocycles. The molecule has 0 saturated heterocycles. The second-order valence-electron chi connectivity index (χ2n) is 4.77. The molecule has 0 spiro atoms. The van der Waals surface area contributed by atoms with Gasteiger partial charge in [0.15, 0.2) is 0 Å². The van der Waals surface area contributed by atoms with E-state index in [2.05, 4.69) is 20.7 Å². The summed E-state index contributed by atoms with van der Waals surface area (Å²) in [6.45, 7) is 2.09. The zero-order valence-electron chi connectivity index (χ0n) is 11.6. The van der Waals surface area contributed by atoms with Crippen LogP contribution in [0.5, 0.6) is 0 Å². The molecule has 2 rings (SSSR count). The summed E-state index contributed by atoms with van der Waals surface area (Å²) in [6.07, 6.45) is 0.644. The molecule has 0 saturated carbocycles. The number of sulfonamides is 1. The molecule has 3 N–H and O–H groups in total. The lowest BCUT2D eigenvalue weighted by Gasteiger charge is -2.11. The Kier molecular flexibility index (Phi) is 5.03. The van der Waals surface area contributed by atoms with Crippen LogP contribution in [0.2, 0.25) is 0 Å². The Morgan fingerprint density at radius 2 is 1.86 bits per heavy atom. The Balaban J connectivity index is 2.10. The first-order valence-electron chi connectivity index (χ1n) is 6.49. The molecule has 2 aromatic rings. The molecular weight excluding hydrogens is 352 g/mol. The van der Waals surface area contributed by atoms with Crippen LogP contribution in [0.3, 0.4) is 0 Å². The van der Waals surface area contributed by atoms with Crippen LogP contribution in [-0.2, 0) is 16.4 Å². The number of anilines is 1. The topological polar surface area (TPSA) is 72.2 Å². The van der Waals surface area contributed by atoms with Crippen molar-refractivity contribution in [2.45, 2.75) is 18.2 Å². The van der Waals surface area contributed by atoms with Gasteiger partial charge in [-0.3, -0.25) is 0 Å². The zero-order valence-corrected chi connectivity index (χ0v) is 14.0. The van der Waals surface area contributed by atoms with Gasteiger partial charge >= 0.3 is 0 Å². The molecule has 0 bridgehead atoms. The van der Waals surface area contributed by atoms with Crippen molar-refractivity contribution in [2.75, 3.05) is 12.3 Å². The van der Waals surface area contributed by atoms with E-state index < -0.39 is 10.0 Å². The molecule has 0 atom stereocenters. The lowest BCUT2D eigenvalue weighted by molar-refractivity contribution is 0.581. The fourth-order valence-electron chi connectivity index (χ4n) is 2.01. The zero-order chi connectivity index (χ0) is 15.5. The minimum Gasteiger partial charge on any atom is -0.398 e. The summed E-state index contributed by atoms with van der Waals surface area (Å²) in [5.74, 6) is 0. The number of benzene rings is 2. The first-order valence-corrected chi connectivity index (χ1v) is 8.77. The minimum atomic E-state index is -3.55. The summed E-state index contributed by atoms with van der Waals surface area (Å²) in [7, 11) is -3.55. The third-order valence-corrected chi connectivity index (χ3v) is 5.42. The van der Waals surface area contributed by atoms with E-state index in [1.54, 1.807) is 13.0 Å². The van der Waals surface area contributed by atoms with E-state index in [9.17, 15) is 8.42 Å². The fraction of sp³-hybridized carbons (Fsp3) is 0.200. The van der Waals surface area contributed by atoms with E-state index in [-0.39, 0.29) is 4.90 Å². The number of nitrogens with two attached hydrogens (primary N) is 1. The number of hydrogen-bond acceptors (Lipinski definition) is 3. The van der Waals surface area contributed by atoms with Gasteiger partial charge in [-0.05, 0) is 52.5 Å². The van der Waals surface area contributed by atoms with Crippen molar-refractivity contribution in [1.82, 2.24) is 4.72 Å². The predicted molar refractivity (Wildman–Crippen MR) is 88.6 cm³/mol. The molecule has 21 heavy (non-hydrogen) atoms. The van der Waals surface area contributed by atoms with Gasteiger partial charge in [-0.15, -0.1) is 0 Å². The number of nitrogen functional groups attached to an aromatic ring is 1. The van der Waals surface area contributed by atoms with E-state index in [1.165, 1.54) is 6.07 Å². The van der Waals surface area contributed by atoms with Crippen LogP contribution in [0.25, 0.3) is 0 Å². The Bertz CT molecular complexity index is 731. The molecule has 0 aliphatic rings. The average Bonchev–Trinajstić information content (AvgIpc) is 2.43. The van der Waals surface area contributed by atoms with Crippen LogP contribution in [0, 0.1) is 6.92 Å². The van der Waals surface area contributed by atoms with Crippen molar-refractivity contribution in [3.8, 4) is 0 Å². The lowest BCUT2D eigenvalue weighted by Crippen LogP contribution is -2.26. The Morgan fingerprint density at radius 1 is 1.19 bits per heavy atom. The normalized spacial score (nSPS) is 11.5. The number of aryl methyl sites for hydroxylation is 1. The van der Waals surface area contributed by atoms with Crippen molar-refractivity contribution in [3.05, 3.63) is 58.1 Å². The number of hydrogen-bond donors (Lipinski definition) is 2. The van der Waals surface area contributed by atoms with Crippen LogP contribution in [0.1, 0.15) is 11.1 Å². The summed E-state index contributed by atoms with van der Waals surface area (Å²) >= 11 is 3.29. The van der Waals surface area contributed by atoms with Crippen LogP contribution in [0.4, 0.5) is 5.69 Å². The van der Waals surface area contributed by atoms with Crippen molar-refractivity contribution in [3.63, 3.8) is 0 Å². The number of rotatable bonds is 5. The summed E-state index contributed by atoms with van der Waals surface area (Å²) in [5, 5.41) is 0. The highest BCUT2D eigenvalue weighted by atomic mass is 79.9. The molecule has 0 aromatic heterocycles. The quantitative estimate of drug-likeness (QED) is 0.796.